The molecule has 3 heterocycles. The van der Waals surface area contributed by atoms with E-state index in [1.165, 1.54) is 6.33 Å². The molecule has 0 spiro atoms. The zero-order chi connectivity index (χ0) is 14.7. The number of hydrogen-bond donors (Lipinski definition) is 0. The predicted molar refractivity (Wildman–Crippen MR) is 80.1 cm³/mol. The van der Waals surface area contributed by atoms with Gasteiger partial charge in [-0.2, -0.15) is 0 Å². The molecule has 0 bridgehead atoms. The van der Waals surface area contributed by atoms with E-state index < -0.39 is 0 Å². The van der Waals surface area contributed by atoms with Crippen molar-refractivity contribution in [3.8, 4) is 5.88 Å². The minimum atomic E-state index is 0.547. The van der Waals surface area contributed by atoms with E-state index in [1.54, 1.807) is 19.5 Å². The van der Waals surface area contributed by atoms with E-state index in [0.29, 0.717) is 16.9 Å². The second-order valence-corrected chi connectivity index (χ2v) is 5.03. The van der Waals surface area contributed by atoms with E-state index in [0.717, 1.165) is 32.0 Å². The number of nitrogens with zero attached hydrogens (tertiary/aromatic N) is 6. The van der Waals surface area contributed by atoms with Crippen molar-refractivity contribution in [1.82, 2.24) is 19.9 Å². The molecule has 1 fully saturated rings. The lowest BCUT2D eigenvalue weighted by Gasteiger charge is -2.35. The SMILES string of the molecule is COc1cc(N2CCN(c3ncc(Cl)cn3)CC2)ncn1. The molecule has 7 nitrogen and oxygen atoms in total. The fourth-order valence-corrected chi connectivity index (χ4v) is 2.32. The third kappa shape index (κ3) is 3.13. The van der Waals surface area contributed by atoms with Crippen LogP contribution in [0, 0.1) is 0 Å². The molecule has 0 radical (unpaired) electrons. The Kier molecular flexibility index (Phi) is 4.01. The van der Waals surface area contributed by atoms with Gasteiger partial charge in [-0.05, 0) is 0 Å². The molecule has 0 aliphatic carbocycles. The van der Waals surface area contributed by atoms with Crippen LogP contribution in [0.2, 0.25) is 5.02 Å². The fraction of sp³-hybridized carbons (Fsp3) is 0.385. The maximum atomic E-state index is 5.80. The first-order chi connectivity index (χ1) is 10.3. The first kappa shape index (κ1) is 13.8. The van der Waals surface area contributed by atoms with Gasteiger partial charge in [0.05, 0.1) is 24.5 Å². The van der Waals surface area contributed by atoms with Crippen LogP contribution in [0.15, 0.2) is 24.8 Å². The van der Waals surface area contributed by atoms with Crippen LogP contribution in [-0.2, 0) is 0 Å². The highest BCUT2D eigenvalue weighted by atomic mass is 35.5. The topological polar surface area (TPSA) is 67.3 Å². The minimum absolute atomic E-state index is 0.547. The van der Waals surface area contributed by atoms with E-state index in [-0.39, 0.29) is 0 Å². The summed E-state index contributed by atoms with van der Waals surface area (Å²) < 4.78 is 5.13. The van der Waals surface area contributed by atoms with Crippen LogP contribution in [0.25, 0.3) is 0 Å². The summed E-state index contributed by atoms with van der Waals surface area (Å²) in [5, 5.41) is 0.547. The van der Waals surface area contributed by atoms with Crippen molar-refractivity contribution >= 4 is 23.4 Å². The molecule has 0 N–H and O–H groups in total. The second kappa shape index (κ2) is 6.09. The Balaban J connectivity index is 1.65. The average molecular weight is 307 g/mol. The zero-order valence-corrected chi connectivity index (χ0v) is 12.4. The van der Waals surface area contributed by atoms with Crippen LogP contribution in [0.5, 0.6) is 5.88 Å². The smallest absolute Gasteiger partial charge is 0.225 e. The molecule has 1 aliphatic heterocycles. The van der Waals surface area contributed by atoms with E-state index >= 15 is 0 Å². The first-order valence-electron chi connectivity index (χ1n) is 6.60. The van der Waals surface area contributed by atoms with Gasteiger partial charge in [-0.3, -0.25) is 0 Å². The molecular weight excluding hydrogens is 292 g/mol. The summed E-state index contributed by atoms with van der Waals surface area (Å²) >= 11 is 5.80. The van der Waals surface area contributed by atoms with Crippen LogP contribution < -0.4 is 14.5 Å². The summed E-state index contributed by atoms with van der Waals surface area (Å²) in [7, 11) is 1.60. The van der Waals surface area contributed by atoms with E-state index in [4.69, 9.17) is 16.3 Å². The zero-order valence-electron chi connectivity index (χ0n) is 11.6. The summed E-state index contributed by atoms with van der Waals surface area (Å²) in [4.78, 5) is 21.1. The predicted octanol–water partition coefficient (Wildman–Crippen LogP) is 1.26. The van der Waals surface area contributed by atoms with Gasteiger partial charge in [-0.15, -0.1) is 0 Å². The van der Waals surface area contributed by atoms with Gasteiger partial charge in [-0.25, -0.2) is 19.9 Å². The Morgan fingerprint density at radius 1 is 1.00 bits per heavy atom. The maximum absolute atomic E-state index is 5.80. The van der Waals surface area contributed by atoms with Gasteiger partial charge in [0.25, 0.3) is 0 Å². The Morgan fingerprint density at radius 3 is 2.33 bits per heavy atom. The Labute approximate surface area is 127 Å². The lowest BCUT2D eigenvalue weighted by atomic mass is 10.3. The van der Waals surface area contributed by atoms with Crippen LogP contribution in [0.1, 0.15) is 0 Å². The number of methoxy groups -OCH3 is 1. The van der Waals surface area contributed by atoms with Gasteiger partial charge >= 0.3 is 0 Å². The minimum Gasteiger partial charge on any atom is -0.481 e. The van der Waals surface area contributed by atoms with Gasteiger partial charge < -0.3 is 14.5 Å². The quantitative estimate of drug-likeness (QED) is 0.845. The number of ether oxygens (including phenoxy) is 1. The summed E-state index contributed by atoms with van der Waals surface area (Å²) in [6.45, 7) is 3.33. The maximum Gasteiger partial charge on any atom is 0.225 e. The molecule has 0 amide bonds. The van der Waals surface area contributed by atoms with Crippen LogP contribution in [-0.4, -0.2) is 53.2 Å². The van der Waals surface area contributed by atoms with E-state index in [9.17, 15) is 0 Å². The molecule has 2 aromatic heterocycles. The van der Waals surface area contributed by atoms with Crippen molar-refractivity contribution in [3.63, 3.8) is 0 Å². The molecule has 0 unspecified atom stereocenters. The molecule has 2 aromatic rings. The lowest BCUT2D eigenvalue weighted by molar-refractivity contribution is 0.396. The van der Waals surface area contributed by atoms with Crippen molar-refractivity contribution in [3.05, 3.63) is 29.8 Å². The second-order valence-electron chi connectivity index (χ2n) is 4.59. The summed E-state index contributed by atoms with van der Waals surface area (Å²) in [6, 6.07) is 1.84. The monoisotopic (exact) mass is 306 g/mol. The Bertz CT molecular complexity index is 600. The molecule has 1 aliphatic rings. The molecule has 1 saturated heterocycles. The van der Waals surface area contributed by atoms with Gasteiger partial charge in [-0.1, -0.05) is 11.6 Å². The molecule has 21 heavy (non-hydrogen) atoms. The van der Waals surface area contributed by atoms with Crippen molar-refractivity contribution in [1.29, 1.82) is 0 Å². The van der Waals surface area contributed by atoms with Gasteiger partial charge in [0.2, 0.25) is 11.8 Å². The molecule has 0 saturated carbocycles. The van der Waals surface area contributed by atoms with E-state index in [1.807, 2.05) is 6.07 Å². The molecule has 3 rings (SSSR count). The summed E-state index contributed by atoms with van der Waals surface area (Å²) in [5.41, 5.74) is 0. The summed E-state index contributed by atoms with van der Waals surface area (Å²) in [6.07, 6.45) is 4.75. The standard InChI is InChI=1S/C13H15ClN6O/c1-21-12-6-11(17-9-18-12)19-2-4-20(5-3-19)13-15-7-10(14)8-16-13/h6-9H,2-5H2,1H3. The van der Waals surface area contributed by atoms with Gasteiger partial charge in [0.15, 0.2) is 0 Å². The van der Waals surface area contributed by atoms with Crippen LogP contribution in [0.3, 0.4) is 0 Å². The van der Waals surface area contributed by atoms with Crippen LogP contribution >= 0.6 is 11.6 Å². The van der Waals surface area contributed by atoms with Crippen molar-refractivity contribution in [2.24, 2.45) is 0 Å². The number of hydrogen-bond acceptors (Lipinski definition) is 7. The number of aromatic nitrogens is 4. The average Bonchev–Trinajstić information content (AvgIpc) is 2.56. The fourth-order valence-electron chi connectivity index (χ4n) is 2.22. The first-order valence-corrected chi connectivity index (χ1v) is 6.97. The number of halogens is 1. The largest absolute Gasteiger partial charge is 0.481 e. The normalized spacial score (nSPS) is 15.1. The molecule has 8 heteroatoms. The summed E-state index contributed by atoms with van der Waals surface area (Å²) in [5.74, 6) is 2.15. The number of anilines is 2. The third-order valence-electron chi connectivity index (χ3n) is 3.33. The van der Waals surface area contributed by atoms with Crippen molar-refractivity contribution in [2.45, 2.75) is 0 Å². The van der Waals surface area contributed by atoms with Gasteiger partial charge in [0, 0.05) is 32.2 Å². The Hall–Kier alpha value is -2.15. The van der Waals surface area contributed by atoms with Gasteiger partial charge in [0.1, 0.15) is 12.1 Å². The number of piperazine rings is 1. The molecule has 0 atom stereocenters. The van der Waals surface area contributed by atoms with Crippen LogP contribution in [0.4, 0.5) is 11.8 Å². The van der Waals surface area contributed by atoms with Crippen molar-refractivity contribution in [2.75, 3.05) is 43.1 Å². The molecule has 110 valence electrons. The third-order valence-corrected chi connectivity index (χ3v) is 3.53. The highest BCUT2D eigenvalue weighted by molar-refractivity contribution is 6.30. The molecule has 0 aromatic carbocycles. The number of rotatable bonds is 3. The Morgan fingerprint density at radius 2 is 1.67 bits per heavy atom. The highest BCUT2D eigenvalue weighted by Crippen LogP contribution is 2.19. The molecular formula is C13H15ClN6O. The van der Waals surface area contributed by atoms with Crippen molar-refractivity contribution < 1.29 is 4.74 Å². The van der Waals surface area contributed by atoms with E-state index in [2.05, 4.69) is 29.7 Å². The highest BCUT2D eigenvalue weighted by Gasteiger charge is 2.20. The lowest BCUT2D eigenvalue weighted by Crippen LogP contribution is -2.47.